The van der Waals surface area contributed by atoms with Crippen LogP contribution in [0, 0.1) is 0 Å². The van der Waals surface area contributed by atoms with Crippen LogP contribution in [0.1, 0.15) is 30.0 Å². The highest BCUT2D eigenvalue weighted by Crippen LogP contribution is 2.41. The second-order valence-corrected chi connectivity index (χ2v) is 11.5. The molecule has 1 aliphatic carbocycles. The van der Waals surface area contributed by atoms with Gasteiger partial charge in [0.2, 0.25) is 0 Å². The lowest BCUT2D eigenvalue weighted by atomic mass is 9.95. The summed E-state index contributed by atoms with van der Waals surface area (Å²) in [4.78, 5) is 8.71. The predicted octanol–water partition coefficient (Wildman–Crippen LogP) is 4.29. The van der Waals surface area contributed by atoms with Crippen molar-refractivity contribution in [2.24, 2.45) is 9.98 Å². The van der Waals surface area contributed by atoms with Crippen LogP contribution < -0.4 is 15.1 Å². The Bertz CT molecular complexity index is 1220. The van der Waals surface area contributed by atoms with E-state index in [-0.39, 0.29) is 12.1 Å². The molecule has 0 bridgehead atoms. The first kappa shape index (κ1) is 19.2. The molecule has 2 atom stereocenters. The number of benzene rings is 3. The highest BCUT2D eigenvalue weighted by atomic mass is 28.3. The molecular formula is C28H24N2OSi. The van der Waals surface area contributed by atoms with E-state index in [1.807, 2.05) is 6.21 Å². The predicted molar refractivity (Wildman–Crippen MR) is 135 cm³/mol. The lowest BCUT2D eigenvalue weighted by molar-refractivity contribution is 0.280. The van der Waals surface area contributed by atoms with Crippen molar-refractivity contribution in [3.8, 4) is 5.75 Å². The van der Waals surface area contributed by atoms with Crippen LogP contribution in [0.25, 0.3) is 5.57 Å². The minimum atomic E-state index is -1.48. The van der Waals surface area contributed by atoms with E-state index in [9.17, 15) is 0 Å². The van der Waals surface area contributed by atoms with Gasteiger partial charge in [0.1, 0.15) is 26.9 Å². The van der Waals surface area contributed by atoms with Gasteiger partial charge in [-0.1, -0.05) is 94.5 Å². The summed E-state index contributed by atoms with van der Waals surface area (Å²) < 4.78 is 6.04. The van der Waals surface area contributed by atoms with Gasteiger partial charge in [0.25, 0.3) is 0 Å². The van der Waals surface area contributed by atoms with Gasteiger partial charge in [0.05, 0.1) is 0 Å². The van der Waals surface area contributed by atoms with Gasteiger partial charge in [-0.15, -0.1) is 0 Å². The fourth-order valence-electron chi connectivity index (χ4n) is 5.03. The molecule has 3 nitrogen and oxygen atoms in total. The topological polar surface area (TPSA) is 34.0 Å². The summed E-state index contributed by atoms with van der Waals surface area (Å²) in [6.45, 7) is 0. The summed E-state index contributed by atoms with van der Waals surface area (Å²) in [5, 5.41) is 4.55. The molecule has 1 unspecified atom stereocenters. The monoisotopic (exact) mass is 432 g/mol. The van der Waals surface area contributed by atoms with Crippen molar-refractivity contribution >= 4 is 37.3 Å². The minimum Gasteiger partial charge on any atom is -0.482 e. The second kappa shape index (κ2) is 8.21. The lowest BCUT2D eigenvalue weighted by Crippen LogP contribution is -2.44. The normalized spacial score (nSPS) is 20.9. The lowest BCUT2D eigenvalue weighted by Gasteiger charge is -2.23. The van der Waals surface area contributed by atoms with Crippen molar-refractivity contribution in [1.29, 1.82) is 0 Å². The molecule has 0 saturated carbocycles. The van der Waals surface area contributed by atoms with E-state index in [0.29, 0.717) is 0 Å². The van der Waals surface area contributed by atoms with Gasteiger partial charge < -0.3 is 4.74 Å². The third kappa shape index (κ3) is 3.47. The third-order valence-electron chi connectivity index (χ3n) is 6.54. The number of fused-ring (bicyclic) bond motifs is 3. The van der Waals surface area contributed by atoms with Crippen molar-refractivity contribution in [3.63, 3.8) is 0 Å². The average Bonchev–Trinajstić information content (AvgIpc) is 3.24. The summed E-state index contributed by atoms with van der Waals surface area (Å²) in [5.41, 5.74) is 3.73. The fraction of sp³-hybridized carbons (Fsp3) is 0.143. The van der Waals surface area contributed by atoms with Crippen LogP contribution in [0.15, 0.2) is 106 Å². The number of nitrogens with zero attached hydrogens (tertiary/aromatic N) is 2. The molecule has 0 N–H and O–H groups in total. The smallest absolute Gasteiger partial charge is 0.160 e. The SMILES string of the molecule is C1=NC=NC2c3cc(C4=CCCC([SiH](c5ccccc5)c5ccccc5)=C4)ccc3O[C@@H]12. The van der Waals surface area contributed by atoms with E-state index in [1.54, 1.807) is 11.5 Å². The van der Waals surface area contributed by atoms with Crippen LogP contribution in [0.4, 0.5) is 0 Å². The zero-order chi connectivity index (χ0) is 21.3. The molecule has 0 radical (unpaired) electrons. The summed E-state index contributed by atoms with van der Waals surface area (Å²) in [7, 11) is -1.48. The first-order valence-electron chi connectivity index (χ1n) is 11.2. The highest BCUT2D eigenvalue weighted by molar-refractivity contribution is 6.91. The number of aliphatic imine (C=N–C) groups is 2. The van der Waals surface area contributed by atoms with Crippen LogP contribution in [0.5, 0.6) is 5.75 Å². The standard InChI is InChI=1S/C28H24N2OSi/c1-3-9-22(10-4-1)32(23-11-5-2-6-12-23)24-13-7-8-20(16-24)21-14-15-26-25(17-21)28-27(31-26)18-29-19-30-28/h1-6,8-12,14-19,27-28,32H,7,13H2/t27-,28?/m0/s1. The van der Waals surface area contributed by atoms with E-state index in [1.165, 1.54) is 21.5 Å². The molecular weight excluding hydrogens is 408 g/mol. The molecule has 156 valence electrons. The van der Waals surface area contributed by atoms with Gasteiger partial charge in [-0.25, -0.2) is 4.99 Å². The van der Waals surface area contributed by atoms with E-state index >= 15 is 0 Å². The number of ether oxygens (including phenoxy) is 1. The van der Waals surface area contributed by atoms with Crippen molar-refractivity contribution in [2.45, 2.75) is 25.0 Å². The summed E-state index contributed by atoms with van der Waals surface area (Å²) in [6.07, 6.45) is 10.5. The minimum absolute atomic E-state index is 0.0193. The number of hydrogen-bond acceptors (Lipinski definition) is 3. The molecule has 0 spiro atoms. The third-order valence-corrected chi connectivity index (χ3v) is 9.84. The molecule has 2 aliphatic heterocycles. The molecule has 3 aromatic rings. The van der Waals surface area contributed by atoms with Crippen LogP contribution in [0.2, 0.25) is 0 Å². The Morgan fingerprint density at radius 3 is 2.38 bits per heavy atom. The molecule has 0 aromatic heterocycles. The molecule has 3 aliphatic rings. The van der Waals surface area contributed by atoms with Crippen molar-refractivity contribution < 1.29 is 4.74 Å². The van der Waals surface area contributed by atoms with Gasteiger partial charge in [0, 0.05) is 11.8 Å². The maximum Gasteiger partial charge on any atom is 0.160 e. The number of hydrogen-bond donors (Lipinski definition) is 0. The van der Waals surface area contributed by atoms with Crippen LogP contribution >= 0.6 is 0 Å². The van der Waals surface area contributed by atoms with Crippen LogP contribution in [-0.2, 0) is 0 Å². The van der Waals surface area contributed by atoms with Gasteiger partial charge in [-0.3, -0.25) is 4.99 Å². The number of rotatable bonds is 4. The zero-order valence-corrected chi connectivity index (χ0v) is 18.9. The molecule has 32 heavy (non-hydrogen) atoms. The van der Waals surface area contributed by atoms with E-state index in [2.05, 4.69) is 101 Å². The molecule has 2 heterocycles. The summed E-state index contributed by atoms with van der Waals surface area (Å²) >= 11 is 0. The molecule has 0 fully saturated rings. The Labute approximate surface area is 190 Å². The van der Waals surface area contributed by atoms with Crippen molar-refractivity contribution in [1.82, 2.24) is 0 Å². The molecule has 3 aromatic carbocycles. The molecule has 6 rings (SSSR count). The van der Waals surface area contributed by atoms with E-state index < -0.39 is 8.80 Å². The highest BCUT2D eigenvalue weighted by Gasteiger charge is 2.34. The zero-order valence-electron chi connectivity index (χ0n) is 17.8. The molecule has 0 amide bonds. The second-order valence-electron chi connectivity index (χ2n) is 8.51. The first-order chi connectivity index (χ1) is 15.9. The van der Waals surface area contributed by atoms with E-state index in [0.717, 1.165) is 24.2 Å². The molecule has 4 heteroatoms. The Balaban J connectivity index is 1.38. The largest absolute Gasteiger partial charge is 0.482 e. The average molecular weight is 433 g/mol. The van der Waals surface area contributed by atoms with Gasteiger partial charge in [-0.2, -0.15) is 0 Å². The maximum absolute atomic E-state index is 6.04. The summed E-state index contributed by atoms with van der Waals surface area (Å²) in [5.74, 6) is 0.927. The van der Waals surface area contributed by atoms with E-state index in [4.69, 9.17) is 4.74 Å². The number of allylic oxidation sites excluding steroid dienone is 4. The van der Waals surface area contributed by atoms with Gasteiger partial charge in [-0.05, 0) is 36.1 Å². The Hall–Kier alpha value is -3.50. The van der Waals surface area contributed by atoms with Gasteiger partial charge in [0.15, 0.2) is 6.10 Å². The fourth-order valence-corrected chi connectivity index (χ4v) is 8.29. The Kier molecular flexibility index (Phi) is 4.93. The summed E-state index contributed by atoms with van der Waals surface area (Å²) in [6, 6.07) is 28.7. The van der Waals surface area contributed by atoms with Crippen LogP contribution in [0.3, 0.4) is 0 Å². The molecule has 0 saturated heterocycles. The van der Waals surface area contributed by atoms with Crippen LogP contribution in [-0.4, -0.2) is 27.5 Å². The maximum atomic E-state index is 6.04. The Morgan fingerprint density at radius 1 is 0.875 bits per heavy atom. The quantitative estimate of drug-likeness (QED) is 0.567. The van der Waals surface area contributed by atoms with Crippen molar-refractivity contribution in [2.75, 3.05) is 0 Å². The first-order valence-corrected chi connectivity index (χ1v) is 13.0. The Morgan fingerprint density at radius 2 is 1.62 bits per heavy atom. The van der Waals surface area contributed by atoms with Crippen molar-refractivity contribution in [3.05, 3.63) is 107 Å². The van der Waals surface area contributed by atoms with Gasteiger partial charge >= 0.3 is 0 Å².